The van der Waals surface area contributed by atoms with Crippen LogP contribution in [0.2, 0.25) is 0 Å². The van der Waals surface area contributed by atoms with Gasteiger partial charge in [-0.05, 0) is 6.07 Å². The smallest absolute Gasteiger partial charge is 0.305 e. The van der Waals surface area contributed by atoms with Crippen molar-refractivity contribution in [2.24, 2.45) is 0 Å². The quantitative estimate of drug-likeness (QED) is 0.822. The summed E-state index contributed by atoms with van der Waals surface area (Å²) in [6.07, 6.45) is 2.57. The Morgan fingerprint density at radius 1 is 1.16 bits per heavy atom. The molecule has 2 rings (SSSR count). The molecule has 2 amide bonds. The van der Waals surface area contributed by atoms with E-state index in [4.69, 9.17) is 0 Å². The Kier molecular flexibility index (Phi) is 3.60. The van der Waals surface area contributed by atoms with Crippen molar-refractivity contribution >= 4 is 17.5 Å². The van der Waals surface area contributed by atoms with Crippen LogP contribution >= 0.6 is 0 Å². The predicted molar refractivity (Wildman–Crippen MR) is 61.0 cm³/mol. The molecule has 0 aliphatic rings. The molecule has 19 heavy (non-hydrogen) atoms. The molecule has 98 valence electrons. The molecular formula is C11H7F3N4O. The van der Waals surface area contributed by atoms with Gasteiger partial charge in [0, 0.05) is 18.3 Å². The van der Waals surface area contributed by atoms with Gasteiger partial charge in [-0.3, -0.25) is 5.32 Å². The van der Waals surface area contributed by atoms with E-state index in [9.17, 15) is 18.0 Å². The number of nitrogens with zero attached hydrogens (tertiary/aromatic N) is 2. The Hall–Kier alpha value is -2.64. The molecule has 1 heterocycles. The zero-order chi connectivity index (χ0) is 13.8. The second-order valence-corrected chi connectivity index (χ2v) is 3.42. The number of carbonyl (C=O) groups is 1. The summed E-state index contributed by atoms with van der Waals surface area (Å²) in [4.78, 5) is 18.8. The lowest BCUT2D eigenvalue weighted by molar-refractivity contribution is 0.262. The Bertz CT molecular complexity index is 606. The van der Waals surface area contributed by atoms with Crippen LogP contribution in [0.1, 0.15) is 0 Å². The van der Waals surface area contributed by atoms with Gasteiger partial charge in [0.1, 0.15) is 18.0 Å². The number of carbonyl (C=O) groups excluding carboxylic acids is 1. The average molecular weight is 268 g/mol. The van der Waals surface area contributed by atoms with E-state index < -0.39 is 29.2 Å². The highest BCUT2D eigenvalue weighted by Gasteiger charge is 2.13. The second kappa shape index (κ2) is 5.34. The van der Waals surface area contributed by atoms with Crippen LogP contribution < -0.4 is 10.6 Å². The van der Waals surface area contributed by atoms with Crippen LogP contribution in [-0.4, -0.2) is 16.0 Å². The molecular weight excluding hydrogens is 261 g/mol. The molecule has 0 radical (unpaired) electrons. The van der Waals surface area contributed by atoms with Crippen molar-refractivity contribution in [2.75, 3.05) is 10.6 Å². The fraction of sp³-hybridized carbons (Fsp3) is 0. The number of rotatable bonds is 2. The van der Waals surface area contributed by atoms with E-state index in [2.05, 4.69) is 15.3 Å². The third-order valence-electron chi connectivity index (χ3n) is 2.06. The molecule has 0 bridgehead atoms. The van der Waals surface area contributed by atoms with Gasteiger partial charge in [0.15, 0.2) is 11.6 Å². The van der Waals surface area contributed by atoms with Crippen molar-refractivity contribution in [3.8, 4) is 0 Å². The van der Waals surface area contributed by atoms with Crippen LogP contribution in [0.4, 0.5) is 29.5 Å². The van der Waals surface area contributed by atoms with Crippen molar-refractivity contribution in [1.29, 1.82) is 0 Å². The third-order valence-corrected chi connectivity index (χ3v) is 2.06. The number of hydrogen-bond acceptors (Lipinski definition) is 3. The maximum Gasteiger partial charge on any atom is 0.324 e. The van der Waals surface area contributed by atoms with E-state index in [1.165, 1.54) is 18.6 Å². The van der Waals surface area contributed by atoms with E-state index in [0.717, 1.165) is 0 Å². The summed E-state index contributed by atoms with van der Waals surface area (Å²) >= 11 is 0. The van der Waals surface area contributed by atoms with Crippen molar-refractivity contribution in [1.82, 2.24) is 9.97 Å². The zero-order valence-corrected chi connectivity index (χ0v) is 9.32. The van der Waals surface area contributed by atoms with Gasteiger partial charge >= 0.3 is 6.03 Å². The first-order valence-corrected chi connectivity index (χ1v) is 5.05. The number of aromatic nitrogens is 2. The maximum atomic E-state index is 13.3. The maximum absolute atomic E-state index is 13.3. The Labute approximate surface area is 105 Å². The van der Waals surface area contributed by atoms with E-state index in [0.29, 0.717) is 12.1 Å². The van der Waals surface area contributed by atoms with Gasteiger partial charge in [0.2, 0.25) is 0 Å². The molecule has 0 spiro atoms. The standard InChI is InChI=1S/C11H7F3N4O/c12-6-3-7(13)10(14)8(4-6)17-11(19)18-9-1-2-15-5-16-9/h1-5H,(H2,15,16,17,18,19). The lowest BCUT2D eigenvalue weighted by Gasteiger charge is -2.08. The third kappa shape index (κ3) is 3.18. The van der Waals surface area contributed by atoms with E-state index in [-0.39, 0.29) is 5.82 Å². The van der Waals surface area contributed by atoms with E-state index in [1.54, 1.807) is 0 Å². The van der Waals surface area contributed by atoms with Crippen molar-refractivity contribution in [3.63, 3.8) is 0 Å². The van der Waals surface area contributed by atoms with Gasteiger partial charge in [-0.25, -0.2) is 27.9 Å². The zero-order valence-electron chi connectivity index (χ0n) is 9.32. The normalized spacial score (nSPS) is 10.1. The van der Waals surface area contributed by atoms with Crippen molar-refractivity contribution in [2.45, 2.75) is 0 Å². The van der Waals surface area contributed by atoms with Crippen LogP contribution in [0, 0.1) is 17.5 Å². The van der Waals surface area contributed by atoms with Gasteiger partial charge in [0.05, 0.1) is 5.69 Å². The van der Waals surface area contributed by atoms with Gasteiger partial charge in [-0.2, -0.15) is 0 Å². The Morgan fingerprint density at radius 3 is 2.63 bits per heavy atom. The number of urea groups is 1. The molecule has 0 saturated carbocycles. The number of nitrogens with one attached hydrogen (secondary N) is 2. The summed E-state index contributed by atoms with van der Waals surface area (Å²) in [6.45, 7) is 0. The summed E-state index contributed by atoms with van der Waals surface area (Å²) in [5, 5.41) is 4.22. The van der Waals surface area contributed by atoms with Gasteiger partial charge < -0.3 is 5.32 Å². The highest BCUT2D eigenvalue weighted by molar-refractivity contribution is 5.99. The minimum Gasteiger partial charge on any atom is -0.305 e. The molecule has 1 aromatic carbocycles. The van der Waals surface area contributed by atoms with Gasteiger partial charge in [-0.1, -0.05) is 0 Å². The number of anilines is 2. The van der Waals surface area contributed by atoms with E-state index >= 15 is 0 Å². The minimum atomic E-state index is -1.39. The number of halogens is 3. The van der Waals surface area contributed by atoms with Crippen LogP contribution in [0.5, 0.6) is 0 Å². The van der Waals surface area contributed by atoms with Gasteiger partial charge in [0.25, 0.3) is 0 Å². The Morgan fingerprint density at radius 2 is 1.95 bits per heavy atom. The minimum absolute atomic E-state index is 0.157. The number of amides is 2. The summed E-state index contributed by atoms with van der Waals surface area (Å²) in [7, 11) is 0. The van der Waals surface area contributed by atoms with E-state index in [1.807, 2.05) is 5.32 Å². The summed E-state index contributed by atoms with van der Waals surface area (Å²) in [6, 6.07) is 1.55. The fourth-order valence-electron chi connectivity index (χ4n) is 1.28. The Balaban J connectivity index is 2.11. The molecule has 8 heteroatoms. The molecule has 5 nitrogen and oxygen atoms in total. The number of hydrogen-bond donors (Lipinski definition) is 2. The van der Waals surface area contributed by atoms with Crippen molar-refractivity contribution in [3.05, 3.63) is 48.2 Å². The predicted octanol–water partition coefficient (Wildman–Crippen LogP) is 2.54. The SMILES string of the molecule is O=C(Nc1ccncn1)Nc1cc(F)cc(F)c1F. The molecule has 0 atom stereocenters. The van der Waals surface area contributed by atoms with Crippen LogP contribution in [-0.2, 0) is 0 Å². The fourth-order valence-corrected chi connectivity index (χ4v) is 1.28. The largest absolute Gasteiger partial charge is 0.324 e. The van der Waals surface area contributed by atoms with Crippen LogP contribution in [0.3, 0.4) is 0 Å². The summed E-state index contributed by atoms with van der Waals surface area (Å²) in [5.74, 6) is -3.59. The highest BCUT2D eigenvalue weighted by atomic mass is 19.2. The van der Waals surface area contributed by atoms with Gasteiger partial charge in [-0.15, -0.1) is 0 Å². The summed E-state index contributed by atoms with van der Waals surface area (Å²) in [5.41, 5.74) is -0.607. The molecule has 0 aliphatic carbocycles. The first-order valence-electron chi connectivity index (χ1n) is 5.05. The lowest BCUT2D eigenvalue weighted by Crippen LogP contribution is -2.21. The second-order valence-electron chi connectivity index (χ2n) is 3.42. The molecule has 1 aromatic heterocycles. The monoisotopic (exact) mass is 268 g/mol. The number of benzene rings is 1. The lowest BCUT2D eigenvalue weighted by atomic mass is 10.3. The molecule has 0 saturated heterocycles. The molecule has 0 unspecified atom stereocenters. The molecule has 2 N–H and O–H groups in total. The highest BCUT2D eigenvalue weighted by Crippen LogP contribution is 2.19. The molecule has 0 fully saturated rings. The topological polar surface area (TPSA) is 66.9 Å². The van der Waals surface area contributed by atoms with Crippen LogP contribution in [0.25, 0.3) is 0 Å². The molecule has 2 aromatic rings. The van der Waals surface area contributed by atoms with Crippen LogP contribution in [0.15, 0.2) is 30.7 Å². The first-order chi connectivity index (χ1) is 9.06. The molecule has 0 aliphatic heterocycles. The first kappa shape index (κ1) is 12.8. The van der Waals surface area contributed by atoms with Crippen molar-refractivity contribution < 1.29 is 18.0 Å². The summed E-state index contributed by atoms with van der Waals surface area (Å²) < 4.78 is 39.1. The average Bonchev–Trinajstić information content (AvgIpc) is 2.36.